The molecule has 0 aromatic heterocycles. The summed E-state index contributed by atoms with van der Waals surface area (Å²) in [7, 11) is 3.43. The molecule has 0 aliphatic carbocycles. The third kappa shape index (κ3) is 4.53. The van der Waals surface area contributed by atoms with Crippen LogP contribution < -0.4 is 4.74 Å². The Bertz CT molecular complexity index is 550. The Morgan fingerprint density at radius 3 is 2.84 bits per heavy atom. The minimum absolute atomic E-state index is 0.538. The fourth-order valence-electron chi connectivity index (χ4n) is 4.18. The monoisotopic (exact) mass is 348 g/mol. The summed E-state index contributed by atoms with van der Waals surface area (Å²) < 4.78 is 16.6. The van der Waals surface area contributed by atoms with Crippen molar-refractivity contribution < 1.29 is 14.2 Å². The second-order valence-corrected chi connectivity index (χ2v) is 7.19. The SMILES string of the molecule is CCC[C@H]1COC[C@H]2CN(Cc3ccc(OC)c(COC)c3)CCN12. The van der Waals surface area contributed by atoms with E-state index < -0.39 is 0 Å². The Labute approximate surface area is 151 Å². The molecule has 140 valence electrons. The molecule has 0 N–H and O–H groups in total. The van der Waals surface area contributed by atoms with Crippen LogP contribution in [0.2, 0.25) is 0 Å². The van der Waals surface area contributed by atoms with Crippen LogP contribution in [0.5, 0.6) is 5.75 Å². The minimum Gasteiger partial charge on any atom is -0.496 e. The maximum Gasteiger partial charge on any atom is 0.124 e. The smallest absolute Gasteiger partial charge is 0.124 e. The van der Waals surface area contributed by atoms with Crippen molar-refractivity contribution in [3.63, 3.8) is 0 Å². The van der Waals surface area contributed by atoms with Crippen LogP contribution in [0.4, 0.5) is 0 Å². The van der Waals surface area contributed by atoms with E-state index in [0.717, 1.165) is 50.7 Å². The van der Waals surface area contributed by atoms with E-state index in [1.54, 1.807) is 14.2 Å². The van der Waals surface area contributed by atoms with E-state index in [1.165, 1.54) is 18.4 Å². The van der Waals surface area contributed by atoms with E-state index >= 15 is 0 Å². The maximum atomic E-state index is 5.88. The normalized spacial score (nSPS) is 24.9. The summed E-state index contributed by atoms with van der Waals surface area (Å²) in [6.07, 6.45) is 2.48. The van der Waals surface area contributed by atoms with Crippen molar-refractivity contribution in [2.45, 2.75) is 45.0 Å². The van der Waals surface area contributed by atoms with Gasteiger partial charge in [0.15, 0.2) is 0 Å². The number of methoxy groups -OCH3 is 2. The molecule has 0 unspecified atom stereocenters. The highest BCUT2D eigenvalue weighted by Gasteiger charge is 2.34. The van der Waals surface area contributed by atoms with Gasteiger partial charge < -0.3 is 14.2 Å². The number of morpholine rings is 1. The highest BCUT2D eigenvalue weighted by atomic mass is 16.5. The molecule has 1 aromatic carbocycles. The van der Waals surface area contributed by atoms with E-state index in [2.05, 4.69) is 34.9 Å². The molecule has 2 fully saturated rings. The van der Waals surface area contributed by atoms with Crippen LogP contribution in [-0.4, -0.2) is 69.0 Å². The van der Waals surface area contributed by atoms with Crippen molar-refractivity contribution in [3.8, 4) is 5.75 Å². The maximum absolute atomic E-state index is 5.88. The van der Waals surface area contributed by atoms with Gasteiger partial charge >= 0.3 is 0 Å². The van der Waals surface area contributed by atoms with E-state index in [1.807, 2.05) is 0 Å². The zero-order chi connectivity index (χ0) is 17.6. The van der Waals surface area contributed by atoms with Crippen molar-refractivity contribution in [3.05, 3.63) is 29.3 Å². The van der Waals surface area contributed by atoms with E-state index in [4.69, 9.17) is 14.2 Å². The molecule has 1 aromatic rings. The number of hydrogen-bond acceptors (Lipinski definition) is 5. The molecule has 2 atom stereocenters. The van der Waals surface area contributed by atoms with Gasteiger partial charge in [0.05, 0.1) is 26.9 Å². The summed E-state index contributed by atoms with van der Waals surface area (Å²) in [5, 5.41) is 0. The lowest BCUT2D eigenvalue weighted by atomic mass is 10.0. The van der Waals surface area contributed by atoms with Gasteiger partial charge in [0.2, 0.25) is 0 Å². The van der Waals surface area contributed by atoms with Crippen LogP contribution in [0.25, 0.3) is 0 Å². The van der Waals surface area contributed by atoms with Crippen molar-refractivity contribution in [2.75, 3.05) is 47.1 Å². The Hall–Kier alpha value is -1.14. The Kier molecular flexibility index (Phi) is 6.70. The van der Waals surface area contributed by atoms with Crippen LogP contribution in [0.1, 0.15) is 30.9 Å². The molecule has 2 aliphatic heterocycles. The Balaban J connectivity index is 1.62. The molecule has 3 rings (SSSR count). The van der Waals surface area contributed by atoms with Gasteiger partial charge in [-0.05, 0) is 24.1 Å². The van der Waals surface area contributed by atoms with Crippen molar-refractivity contribution in [1.29, 1.82) is 0 Å². The molecule has 0 amide bonds. The van der Waals surface area contributed by atoms with E-state index in [-0.39, 0.29) is 0 Å². The topological polar surface area (TPSA) is 34.2 Å². The van der Waals surface area contributed by atoms with E-state index in [9.17, 15) is 0 Å². The summed E-state index contributed by atoms with van der Waals surface area (Å²) in [6.45, 7) is 8.97. The number of ether oxygens (including phenoxy) is 3. The number of rotatable bonds is 7. The lowest BCUT2D eigenvalue weighted by molar-refractivity contribution is -0.0840. The third-order valence-corrected chi connectivity index (χ3v) is 5.37. The summed E-state index contributed by atoms with van der Waals surface area (Å²) in [5.74, 6) is 0.901. The van der Waals surface area contributed by atoms with Gasteiger partial charge in [-0.15, -0.1) is 0 Å². The number of hydrogen-bond donors (Lipinski definition) is 0. The number of benzene rings is 1. The molecule has 5 nitrogen and oxygen atoms in total. The molecule has 2 heterocycles. The van der Waals surface area contributed by atoms with Gasteiger partial charge in [-0.3, -0.25) is 9.80 Å². The van der Waals surface area contributed by atoms with Crippen molar-refractivity contribution >= 4 is 0 Å². The molecule has 0 saturated carbocycles. The van der Waals surface area contributed by atoms with Gasteiger partial charge in [-0.1, -0.05) is 19.4 Å². The highest BCUT2D eigenvalue weighted by molar-refractivity contribution is 5.37. The quantitative estimate of drug-likeness (QED) is 0.756. The standard InChI is InChI=1S/C20H32N2O3/c1-4-5-18-14-25-15-19-12-21(8-9-22(18)19)11-16-6-7-20(24-3)17(10-16)13-23-2/h6-7,10,18-19H,4-5,8-9,11-15H2,1-3H3/t18-,19+/m0/s1. The average molecular weight is 348 g/mol. The van der Waals surface area contributed by atoms with Gasteiger partial charge in [-0.2, -0.15) is 0 Å². The Morgan fingerprint density at radius 1 is 1.20 bits per heavy atom. The van der Waals surface area contributed by atoms with E-state index in [0.29, 0.717) is 18.7 Å². The number of nitrogens with zero attached hydrogens (tertiary/aromatic N) is 2. The van der Waals surface area contributed by atoms with Gasteiger partial charge in [-0.25, -0.2) is 0 Å². The number of fused-ring (bicyclic) bond motifs is 1. The first-order chi connectivity index (χ1) is 12.2. The predicted octanol–water partition coefficient (Wildman–Crippen LogP) is 2.53. The first-order valence-electron chi connectivity index (χ1n) is 9.45. The Morgan fingerprint density at radius 2 is 2.08 bits per heavy atom. The molecule has 0 radical (unpaired) electrons. The first-order valence-corrected chi connectivity index (χ1v) is 9.45. The first kappa shape index (κ1) is 18.6. The summed E-state index contributed by atoms with van der Waals surface area (Å²) >= 11 is 0. The average Bonchev–Trinajstić information content (AvgIpc) is 2.63. The molecule has 2 aliphatic rings. The minimum atomic E-state index is 0.538. The number of piperazine rings is 1. The van der Waals surface area contributed by atoms with Crippen LogP contribution >= 0.6 is 0 Å². The summed E-state index contributed by atoms with van der Waals surface area (Å²) in [5.41, 5.74) is 2.44. The molecular weight excluding hydrogens is 316 g/mol. The fourth-order valence-corrected chi connectivity index (χ4v) is 4.18. The lowest BCUT2D eigenvalue weighted by Gasteiger charge is -2.48. The molecule has 2 saturated heterocycles. The highest BCUT2D eigenvalue weighted by Crippen LogP contribution is 2.25. The summed E-state index contributed by atoms with van der Waals surface area (Å²) in [6, 6.07) is 7.59. The van der Waals surface area contributed by atoms with Gasteiger partial charge in [0, 0.05) is 50.9 Å². The molecule has 0 bridgehead atoms. The predicted molar refractivity (Wildman–Crippen MR) is 99.0 cm³/mol. The molecule has 5 heteroatoms. The van der Waals surface area contributed by atoms with Crippen LogP contribution in [0.3, 0.4) is 0 Å². The largest absolute Gasteiger partial charge is 0.496 e. The van der Waals surface area contributed by atoms with Gasteiger partial charge in [0.1, 0.15) is 5.75 Å². The zero-order valence-corrected chi connectivity index (χ0v) is 15.9. The van der Waals surface area contributed by atoms with Crippen LogP contribution in [-0.2, 0) is 22.6 Å². The molecule has 25 heavy (non-hydrogen) atoms. The van der Waals surface area contributed by atoms with Gasteiger partial charge in [0.25, 0.3) is 0 Å². The fraction of sp³-hybridized carbons (Fsp3) is 0.700. The zero-order valence-electron chi connectivity index (χ0n) is 15.9. The second kappa shape index (κ2) is 8.99. The lowest BCUT2D eigenvalue weighted by Crippen LogP contribution is -2.61. The van der Waals surface area contributed by atoms with Crippen molar-refractivity contribution in [2.24, 2.45) is 0 Å². The molecular formula is C20H32N2O3. The summed E-state index contributed by atoms with van der Waals surface area (Å²) in [4.78, 5) is 5.24. The third-order valence-electron chi connectivity index (χ3n) is 5.37. The van der Waals surface area contributed by atoms with Crippen LogP contribution in [0.15, 0.2) is 18.2 Å². The molecule has 0 spiro atoms. The van der Waals surface area contributed by atoms with Crippen molar-refractivity contribution in [1.82, 2.24) is 9.80 Å². The van der Waals surface area contributed by atoms with Crippen LogP contribution in [0, 0.1) is 0 Å². The second-order valence-electron chi connectivity index (χ2n) is 7.19.